The largest absolute Gasteiger partial charge is 0.480 e. The van der Waals surface area contributed by atoms with Gasteiger partial charge < -0.3 is 5.11 Å². The maximum absolute atomic E-state index is 10.9. The zero-order chi connectivity index (χ0) is 12.6. The van der Waals surface area contributed by atoms with Crippen LogP contribution in [0.25, 0.3) is 0 Å². The van der Waals surface area contributed by atoms with E-state index in [4.69, 9.17) is 5.11 Å². The van der Waals surface area contributed by atoms with E-state index in [2.05, 4.69) is 38.2 Å². The Morgan fingerprint density at radius 2 is 1.94 bits per heavy atom. The molecule has 0 spiro atoms. The van der Waals surface area contributed by atoms with Crippen LogP contribution in [-0.2, 0) is 4.79 Å². The number of benzene rings is 1. The third-order valence-electron chi connectivity index (χ3n) is 3.08. The van der Waals surface area contributed by atoms with E-state index < -0.39 is 12.0 Å². The van der Waals surface area contributed by atoms with Crippen LogP contribution in [0, 0.1) is 20.8 Å². The first-order valence-electron chi connectivity index (χ1n) is 5.67. The smallest absolute Gasteiger partial charge is 0.321 e. The Hall–Kier alpha value is -1.00. The predicted molar refractivity (Wildman–Crippen MR) is 70.4 cm³/mol. The van der Waals surface area contributed by atoms with Crippen molar-refractivity contribution in [2.45, 2.75) is 32.2 Å². The Morgan fingerprint density at radius 1 is 1.35 bits per heavy atom. The molecule has 1 aliphatic heterocycles. The molecule has 2 rings (SSSR count). The van der Waals surface area contributed by atoms with Crippen molar-refractivity contribution >= 4 is 17.7 Å². The summed E-state index contributed by atoms with van der Waals surface area (Å²) in [6.45, 7) is 6.26. The SMILES string of the molecule is Cc1cc(C)c(C2N[C@H](C(=O)O)CS2)c(C)c1. The summed E-state index contributed by atoms with van der Waals surface area (Å²) < 4.78 is 0. The van der Waals surface area contributed by atoms with Gasteiger partial charge >= 0.3 is 5.97 Å². The van der Waals surface area contributed by atoms with Gasteiger partial charge in [-0.15, -0.1) is 11.8 Å². The lowest BCUT2D eigenvalue weighted by Crippen LogP contribution is -2.34. The van der Waals surface area contributed by atoms with Crippen molar-refractivity contribution < 1.29 is 9.90 Å². The molecule has 1 aromatic rings. The maximum atomic E-state index is 10.9. The lowest BCUT2D eigenvalue weighted by Gasteiger charge is -2.17. The molecule has 1 aliphatic rings. The van der Waals surface area contributed by atoms with Crippen LogP contribution in [0.15, 0.2) is 12.1 Å². The standard InChI is InChI=1S/C13H17NO2S/c1-7-4-8(2)11(9(3)5-7)12-14-10(6-17-12)13(15)16/h4-5,10,12,14H,6H2,1-3H3,(H,15,16)/t10-,12?/m0/s1. The molecule has 0 amide bonds. The minimum Gasteiger partial charge on any atom is -0.480 e. The minimum atomic E-state index is -0.762. The molecule has 4 heteroatoms. The molecular formula is C13H17NO2S. The van der Waals surface area contributed by atoms with Gasteiger partial charge in [0.05, 0.1) is 5.37 Å². The van der Waals surface area contributed by atoms with Crippen molar-refractivity contribution in [3.63, 3.8) is 0 Å². The van der Waals surface area contributed by atoms with Crippen molar-refractivity contribution in [3.05, 3.63) is 34.4 Å². The Bertz CT molecular complexity index is 436. The molecule has 2 N–H and O–H groups in total. The fraction of sp³-hybridized carbons (Fsp3) is 0.462. The summed E-state index contributed by atoms with van der Waals surface area (Å²) in [6.07, 6.45) is 0. The number of carboxylic acids is 1. The molecule has 0 bridgehead atoms. The van der Waals surface area contributed by atoms with Gasteiger partial charge in [-0.3, -0.25) is 10.1 Å². The third kappa shape index (κ3) is 2.48. The van der Waals surface area contributed by atoms with E-state index in [-0.39, 0.29) is 5.37 Å². The van der Waals surface area contributed by atoms with Crippen LogP contribution in [0.2, 0.25) is 0 Å². The number of hydrogen-bond donors (Lipinski definition) is 2. The van der Waals surface area contributed by atoms with Crippen LogP contribution >= 0.6 is 11.8 Å². The van der Waals surface area contributed by atoms with E-state index in [1.807, 2.05) is 0 Å². The Labute approximate surface area is 106 Å². The number of thioether (sulfide) groups is 1. The summed E-state index contributed by atoms with van der Waals surface area (Å²) in [6, 6.07) is 3.88. The molecule has 1 aromatic carbocycles. The summed E-state index contributed by atoms with van der Waals surface area (Å²) in [5.74, 6) is -0.130. The molecule has 0 aromatic heterocycles. The second-order valence-corrected chi connectivity index (χ2v) is 5.72. The molecule has 17 heavy (non-hydrogen) atoms. The summed E-state index contributed by atoms with van der Waals surface area (Å²) in [7, 11) is 0. The number of rotatable bonds is 2. The van der Waals surface area contributed by atoms with Crippen molar-refractivity contribution in [2.24, 2.45) is 0 Å². The Morgan fingerprint density at radius 3 is 2.41 bits per heavy atom. The van der Waals surface area contributed by atoms with Gasteiger partial charge in [-0.1, -0.05) is 17.7 Å². The van der Waals surface area contributed by atoms with Crippen LogP contribution in [-0.4, -0.2) is 22.9 Å². The van der Waals surface area contributed by atoms with E-state index in [0.717, 1.165) is 0 Å². The fourth-order valence-electron chi connectivity index (χ4n) is 2.39. The Balaban J connectivity index is 2.27. The molecule has 0 aliphatic carbocycles. The Kier molecular flexibility index (Phi) is 3.45. The molecule has 0 saturated carbocycles. The number of carbonyl (C=O) groups is 1. The predicted octanol–water partition coefficient (Wildman–Crippen LogP) is 2.40. The summed E-state index contributed by atoms with van der Waals surface area (Å²) in [5.41, 5.74) is 4.96. The van der Waals surface area contributed by atoms with Crippen LogP contribution in [0.5, 0.6) is 0 Å². The monoisotopic (exact) mass is 251 g/mol. The first-order chi connectivity index (χ1) is 7.99. The molecule has 3 nitrogen and oxygen atoms in total. The van der Waals surface area contributed by atoms with Crippen molar-refractivity contribution in [1.29, 1.82) is 0 Å². The second kappa shape index (κ2) is 4.70. The summed E-state index contributed by atoms with van der Waals surface area (Å²) in [5, 5.41) is 12.3. The van der Waals surface area contributed by atoms with E-state index in [9.17, 15) is 4.79 Å². The van der Waals surface area contributed by atoms with Gasteiger partial charge in [0.2, 0.25) is 0 Å². The number of carboxylic acid groups (broad SMARTS) is 1. The van der Waals surface area contributed by atoms with Crippen LogP contribution in [0.1, 0.15) is 27.6 Å². The van der Waals surface area contributed by atoms with Crippen LogP contribution in [0.4, 0.5) is 0 Å². The molecule has 92 valence electrons. The highest BCUT2D eigenvalue weighted by Crippen LogP contribution is 2.36. The normalized spacial score (nSPS) is 23.9. The van der Waals surface area contributed by atoms with Gasteiger partial charge in [-0.25, -0.2) is 0 Å². The van der Waals surface area contributed by atoms with Gasteiger partial charge in [0.25, 0.3) is 0 Å². The van der Waals surface area contributed by atoms with Crippen LogP contribution < -0.4 is 5.32 Å². The van der Waals surface area contributed by atoms with Gasteiger partial charge in [0.15, 0.2) is 0 Å². The first-order valence-corrected chi connectivity index (χ1v) is 6.72. The molecule has 0 radical (unpaired) electrons. The van der Waals surface area contributed by atoms with Gasteiger partial charge in [-0.05, 0) is 37.5 Å². The van der Waals surface area contributed by atoms with Gasteiger partial charge in [-0.2, -0.15) is 0 Å². The average Bonchev–Trinajstić information content (AvgIpc) is 2.65. The zero-order valence-electron chi connectivity index (χ0n) is 10.3. The third-order valence-corrected chi connectivity index (χ3v) is 4.31. The lowest BCUT2D eigenvalue weighted by molar-refractivity contribution is -0.138. The highest BCUT2D eigenvalue weighted by atomic mass is 32.2. The molecule has 1 saturated heterocycles. The molecule has 1 heterocycles. The van der Waals surface area contributed by atoms with Crippen molar-refractivity contribution in [3.8, 4) is 0 Å². The maximum Gasteiger partial charge on any atom is 0.321 e. The zero-order valence-corrected chi connectivity index (χ0v) is 11.1. The fourth-order valence-corrected chi connectivity index (χ4v) is 3.81. The minimum absolute atomic E-state index is 0.108. The quantitative estimate of drug-likeness (QED) is 0.847. The van der Waals surface area contributed by atoms with Gasteiger partial charge in [0, 0.05) is 5.75 Å². The van der Waals surface area contributed by atoms with Crippen molar-refractivity contribution in [1.82, 2.24) is 5.32 Å². The topological polar surface area (TPSA) is 49.3 Å². The molecular weight excluding hydrogens is 234 g/mol. The van der Waals surface area contributed by atoms with E-state index in [0.29, 0.717) is 5.75 Å². The first kappa shape index (κ1) is 12.5. The highest BCUT2D eigenvalue weighted by molar-refractivity contribution is 7.99. The number of nitrogens with one attached hydrogen (secondary N) is 1. The van der Waals surface area contributed by atoms with E-state index >= 15 is 0 Å². The molecule has 1 unspecified atom stereocenters. The number of hydrogen-bond acceptors (Lipinski definition) is 3. The van der Waals surface area contributed by atoms with Gasteiger partial charge in [0.1, 0.15) is 6.04 Å². The second-order valence-electron chi connectivity index (χ2n) is 4.58. The average molecular weight is 251 g/mol. The lowest BCUT2D eigenvalue weighted by atomic mass is 9.99. The number of aliphatic carboxylic acids is 1. The van der Waals surface area contributed by atoms with E-state index in [1.54, 1.807) is 11.8 Å². The van der Waals surface area contributed by atoms with Crippen molar-refractivity contribution in [2.75, 3.05) is 5.75 Å². The van der Waals surface area contributed by atoms with E-state index in [1.165, 1.54) is 22.3 Å². The molecule has 1 fully saturated rings. The summed E-state index contributed by atoms with van der Waals surface area (Å²) >= 11 is 1.67. The molecule has 2 atom stereocenters. The highest BCUT2D eigenvalue weighted by Gasteiger charge is 2.31. The number of aryl methyl sites for hydroxylation is 3. The van der Waals surface area contributed by atoms with Crippen LogP contribution in [0.3, 0.4) is 0 Å². The summed E-state index contributed by atoms with van der Waals surface area (Å²) in [4.78, 5) is 10.9.